The first-order valence-corrected chi connectivity index (χ1v) is 12.8. The van der Waals surface area contributed by atoms with Crippen molar-refractivity contribution >= 4 is 78.7 Å². The molecular weight excluding hydrogens is 687 g/mol. The minimum atomic E-state index is -0.626. The predicted octanol–water partition coefficient (Wildman–Crippen LogP) is 4.07. The molecule has 38 heavy (non-hydrogen) atoms. The largest absolute Gasteiger partial charge is 0.569 e. The fourth-order valence-electron chi connectivity index (χ4n) is 2.72. The van der Waals surface area contributed by atoms with Crippen LogP contribution < -0.4 is 27.6 Å². The number of hydrogen-bond donors (Lipinski definition) is 5. The van der Waals surface area contributed by atoms with Gasteiger partial charge >= 0.3 is 7.69 Å². The minimum absolute atomic E-state index is 0.0966. The van der Waals surface area contributed by atoms with Crippen LogP contribution in [0.4, 0.5) is 11.4 Å². The molecule has 195 valence electrons. The summed E-state index contributed by atoms with van der Waals surface area (Å²) < 4.78 is 7.09. The summed E-state index contributed by atoms with van der Waals surface area (Å²) in [5, 5.41) is 8.25. The van der Waals surface area contributed by atoms with Crippen LogP contribution in [0.15, 0.2) is 86.3 Å². The summed E-state index contributed by atoms with van der Waals surface area (Å²) in [6.45, 7) is 0. The lowest BCUT2D eigenvalue weighted by Crippen LogP contribution is -2.15. The summed E-state index contributed by atoms with van der Waals surface area (Å²) in [6, 6.07) is 21.4. The number of nitrogens with zero attached hydrogens (tertiary/aromatic N) is 2. The molecule has 2 aromatic heterocycles. The summed E-state index contributed by atoms with van der Waals surface area (Å²) in [4.78, 5) is 29.7. The van der Waals surface area contributed by atoms with Crippen molar-refractivity contribution in [2.45, 2.75) is 0 Å². The number of rotatable bonds is 5. The van der Waals surface area contributed by atoms with Crippen molar-refractivity contribution in [2.75, 3.05) is 11.5 Å². The van der Waals surface area contributed by atoms with Crippen LogP contribution in [0.1, 0.15) is 21.0 Å². The second kappa shape index (κ2) is 15.1. The van der Waals surface area contributed by atoms with Crippen LogP contribution in [0.2, 0.25) is 0 Å². The lowest BCUT2D eigenvalue weighted by atomic mass is 10.1. The molecule has 2 aromatic carbocycles. The van der Waals surface area contributed by atoms with Crippen molar-refractivity contribution in [3.8, 4) is 17.0 Å². The van der Waals surface area contributed by atoms with E-state index in [-0.39, 0.29) is 17.1 Å². The van der Waals surface area contributed by atoms with E-state index in [0.717, 1.165) is 14.5 Å². The molecule has 0 bridgehead atoms. The molecule has 9 N–H and O–H groups in total. The average Bonchev–Trinajstić information content (AvgIpc) is 2.86. The zero-order valence-electron chi connectivity index (χ0n) is 19.5. The molecule has 0 aliphatic rings. The molecule has 0 atom stereocenters. The van der Waals surface area contributed by atoms with E-state index in [0.29, 0.717) is 29.4 Å². The molecule has 14 heteroatoms. The first-order chi connectivity index (χ1) is 18.0. The van der Waals surface area contributed by atoms with Gasteiger partial charge in [-0.05, 0) is 70.5 Å². The molecule has 0 saturated carbocycles. The maximum Gasteiger partial charge on any atom is 0.569 e. The van der Waals surface area contributed by atoms with Crippen molar-refractivity contribution in [3.63, 3.8) is 0 Å². The van der Waals surface area contributed by atoms with Crippen LogP contribution in [0.5, 0.6) is 5.75 Å². The Hall–Kier alpha value is -3.46. The molecule has 0 aliphatic carbocycles. The number of carbonyl (C=O) groups is 2. The SMILES string of the molecule is NC(=O)c1nc(-c2cccc(Br)c2)ccc1N.NC(=O)c1nc(Br)ccc1N.O[B]Oc1cccc(Br)c1. The summed E-state index contributed by atoms with van der Waals surface area (Å²) >= 11 is 9.72. The smallest absolute Gasteiger partial charge is 0.537 e. The number of carbonyl (C=O) groups excluding carboxylic acids is 2. The van der Waals surface area contributed by atoms with Gasteiger partial charge in [-0.1, -0.05) is 50.1 Å². The topological polar surface area (TPSA) is 193 Å². The number of pyridine rings is 2. The van der Waals surface area contributed by atoms with Crippen molar-refractivity contribution in [3.05, 3.63) is 97.7 Å². The van der Waals surface area contributed by atoms with Gasteiger partial charge in [0.1, 0.15) is 10.4 Å². The molecule has 10 nitrogen and oxygen atoms in total. The first kappa shape index (κ1) is 30.8. The Labute approximate surface area is 244 Å². The molecule has 1 radical (unpaired) electrons. The highest BCUT2D eigenvalue weighted by Gasteiger charge is 2.10. The van der Waals surface area contributed by atoms with E-state index in [1.54, 1.807) is 36.4 Å². The van der Waals surface area contributed by atoms with E-state index < -0.39 is 11.8 Å². The first-order valence-electron chi connectivity index (χ1n) is 10.4. The van der Waals surface area contributed by atoms with Gasteiger partial charge in [0.05, 0.1) is 17.1 Å². The maximum absolute atomic E-state index is 11.1. The van der Waals surface area contributed by atoms with E-state index in [1.807, 2.05) is 36.4 Å². The van der Waals surface area contributed by atoms with Crippen molar-refractivity contribution in [1.82, 2.24) is 9.97 Å². The monoisotopic (exact) mass is 705 g/mol. The molecule has 0 spiro atoms. The minimum Gasteiger partial charge on any atom is -0.537 e. The average molecular weight is 708 g/mol. The van der Waals surface area contributed by atoms with Crippen LogP contribution >= 0.6 is 47.8 Å². The van der Waals surface area contributed by atoms with Gasteiger partial charge in [0.15, 0.2) is 11.4 Å². The molecule has 0 aliphatic heterocycles. The summed E-state index contributed by atoms with van der Waals surface area (Å²) in [5.41, 5.74) is 23.5. The zero-order valence-corrected chi connectivity index (χ0v) is 24.3. The van der Waals surface area contributed by atoms with Crippen LogP contribution in [-0.4, -0.2) is 34.5 Å². The van der Waals surface area contributed by atoms with Crippen LogP contribution in [-0.2, 0) is 0 Å². The maximum atomic E-state index is 11.1. The Kier molecular flexibility index (Phi) is 12.2. The van der Waals surface area contributed by atoms with Gasteiger partial charge in [0.2, 0.25) is 0 Å². The third-order valence-electron chi connectivity index (χ3n) is 4.39. The number of aromatic nitrogens is 2. The standard InChI is InChI=1S/C12H10BrN3O.C6H5BBrO2.C6H6BrN3O/c13-8-3-1-2-7(6-8)10-5-4-9(14)11(16-10)12(15)17;8-5-2-1-3-6(4-5)10-7-9;7-4-2-1-3(8)5(10-4)6(9)11/h1-6H,14H2,(H2,15,17);1-4,9H;1-2H,8H2,(H2,9,11). The fourth-order valence-corrected chi connectivity index (χ4v) is 3.81. The highest BCUT2D eigenvalue weighted by Crippen LogP contribution is 2.23. The van der Waals surface area contributed by atoms with Crippen molar-refractivity contribution in [2.24, 2.45) is 11.5 Å². The number of benzene rings is 2. The molecule has 0 saturated heterocycles. The van der Waals surface area contributed by atoms with Gasteiger partial charge in [-0.15, -0.1) is 0 Å². The van der Waals surface area contributed by atoms with Gasteiger partial charge < -0.3 is 32.6 Å². The molecule has 0 unspecified atom stereocenters. The molecule has 4 rings (SSSR count). The number of amides is 2. The summed E-state index contributed by atoms with van der Waals surface area (Å²) in [7, 11) is 0.655. The fraction of sp³-hybridized carbons (Fsp3) is 0. The number of anilines is 2. The Balaban J connectivity index is 0.000000211. The van der Waals surface area contributed by atoms with E-state index >= 15 is 0 Å². The number of hydrogen-bond acceptors (Lipinski definition) is 8. The Morgan fingerprint density at radius 1 is 0.763 bits per heavy atom. The summed E-state index contributed by atoms with van der Waals surface area (Å²) in [5.74, 6) is -0.639. The van der Waals surface area contributed by atoms with Crippen LogP contribution in [0.3, 0.4) is 0 Å². The number of halogens is 3. The predicted molar refractivity (Wildman–Crippen MR) is 158 cm³/mol. The quantitative estimate of drug-likeness (QED) is 0.151. The molecule has 2 heterocycles. The Morgan fingerprint density at radius 3 is 1.84 bits per heavy atom. The van der Waals surface area contributed by atoms with Gasteiger partial charge in [-0.3, -0.25) is 9.59 Å². The van der Waals surface area contributed by atoms with Gasteiger partial charge in [-0.25, -0.2) is 9.97 Å². The van der Waals surface area contributed by atoms with Gasteiger partial charge in [0.25, 0.3) is 11.8 Å². The van der Waals surface area contributed by atoms with Crippen molar-refractivity contribution < 1.29 is 19.3 Å². The number of primary amides is 2. The van der Waals surface area contributed by atoms with E-state index in [2.05, 4.69) is 62.4 Å². The lowest BCUT2D eigenvalue weighted by molar-refractivity contribution is 0.0988. The second-order valence-electron chi connectivity index (χ2n) is 7.13. The normalized spacial score (nSPS) is 9.68. The molecule has 4 aromatic rings. The van der Waals surface area contributed by atoms with E-state index in [1.165, 1.54) is 0 Å². The third kappa shape index (κ3) is 9.78. The highest BCUT2D eigenvalue weighted by molar-refractivity contribution is 9.11. The Bertz CT molecular complexity index is 1430. The molecular formula is C24H21BBr3N6O4. The molecule has 0 fully saturated rings. The number of nitrogens with two attached hydrogens (primary N) is 4. The zero-order chi connectivity index (χ0) is 28.2. The molecule has 2 amide bonds. The van der Waals surface area contributed by atoms with Crippen LogP contribution in [0.25, 0.3) is 11.3 Å². The van der Waals surface area contributed by atoms with Crippen molar-refractivity contribution in [1.29, 1.82) is 0 Å². The lowest BCUT2D eigenvalue weighted by Gasteiger charge is -2.05. The summed E-state index contributed by atoms with van der Waals surface area (Å²) in [6.07, 6.45) is 0. The van der Waals surface area contributed by atoms with Gasteiger partial charge in [0, 0.05) is 14.5 Å². The second-order valence-corrected chi connectivity index (χ2v) is 9.77. The Morgan fingerprint density at radius 2 is 1.32 bits per heavy atom. The van der Waals surface area contributed by atoms with E-state index in [4.69, 9.17) is 28.0 Å². The van der Waals surface area contributed by atoms with Crippen LogP contribution in [0, 0.1) is 0 Å². The number of nitrogen functional groups attached to an aromatic ring is 2. The van der Waals surface area contributed by atoms with E-state index in [9.17, 15) is 9.59 Å². The third-order valence-corrected chi connectivity index (χ3v) is 5.82. The highest BCUT2D eigenvalue weighted by atomic mass is 79.9. The van der Waals surface area contributed by atoms with Gasteiger partial charge in [-0.2, -0.15) is 0 Å².